The number of aliphatic carboxylic acids is 1. The van der Waals surface area contributed by atoms with Crippen molar-refractivity contribution in [2.45, 2.75) is 168 Å². The molecule has 0 amide bonds. The van der Waals surface area contributed by atoms with E-state index in [4.69, 9.17) is 9.84 Å². The lowest BCUT2D eigenvalue weighted by Gasteiger charge is -2.14. The summed E-state index contributed by atoms with van der Waals surface area (Å²) in [5, 5.41) is 8.72. The Morgan fingerprint density at radius 1 is 0.639 bits per heavy atom. The van der Waals surface area contributed by atoms with Gasteiger partial charge in [0.2, 0.25) is 0 Å². The highest BCUT2D eigenvalue weighted by atomic mass is 16.5. The smallest absolute Gasteiger partial charge is 0.306 e. The second-order valence-corrected chi connectivity index (χ2v) is 10.3. The number of ether oxygens (including phenoxy) is 1. The lowest BCUT2D eigenvalue weighted by atomic mass is 10.1. The standard InChI is InChI=1S/C32H58O4/c1-3-5-7-9-11-13-14-18-22-26-30(27-23-19-16-17-20-24-28-31(33)34)36-32(35)29-25-21-15-12-10-8-6-4-2/h13-14,22,26,30H,3-12,15-21,23-25,27-29H2,1-2H3,(H,33,34)/b14-13-,26-22-. The third-order valence-corrected chi connectivity index (χ3v) is 6.66. The first-order valence-electron chi connectivity index (χ1n) is 15.3. The fraction of sp³-hybridized carbons (Fsp3) is 0.812. The van der Waals surface area contributed by atoms with E-state index in [1.165, 1.54) is 64.2 Å². The van der Waals surface area contributed by atoms with Crippen LogP contribution in [-0.2, 0) is 14.3 Å². The zero-order valence-electron chi connectivity index (χ0n) is 23.8. The van der Waals surface area contributed by atoms with Gasteiger partial charge in [0.15, 0.2) is 0 Å². The summed E-state index contributed by atoms with van der Waals surface area (Å²) < 4.78 is 5.84. The molecule has 210 valence electrons. The molecule has 36 heavy (non-hydrogen) atoms. The first-order chi connectivity index (χ1) is 17.6. The third-order valence-electron chi connectivity index (χ3n) is 6.66. The van der Waals surface area contributed by atoms with Crippen LogP contribution in [0, 0.1) is 0 Å². The molecule has 0 saturated heterocycles. The summed E-state index contributed by atoms with van der Waals surface area (Å²) in [4.78, 5) is 23.0. The Morgan fingerprint density at radius 2 is 1.17 bits per heavy atom. The number of hydrogen-bond acceptors (Lipinski definition) is 3. The summed E-state index contributed by atoms with van der Waals surface area (Å²) in [6, 6.07) is 0. The molecule has 4 heteroatoms. The maximum absolute atomic E-state index is 12.4. The minimum absolute atomic E-state index is 0.0595. The Balaban J connectivity index is 4.24. The van der Waals surface area contributed by atoms with Crippen LogP contribution < -0.4 is 0 Å². The zero-order valence-corrected chi connectivity index (χ0v) is 23.8. The van der Waals surface area contributed by atoms with E-state index in [1.807, 2.05) is 0 Å². The molecule has 0 spiro atoms. The van der Waals surface area contributed by atoms with Gasteiger partial charge in [-0.1, -0.05) is 122 Å². The van der Waals surface area contributed by atoms with E-state index in [9.17, 15) is 9.59 Å². The van der Waals surface area contributed by atoms with Gasteiger partial charge in [0.25, 0.3) is 0 Å². The highest BCUT2D eigenvalue weighted by molar-refractivity contribution is 5.69. The number of allylic oxidation sites excluding steroid dienone is 3. The highest BCUT2D eigenvalue weighted by Crippen LogP contribution is 2.15. The second-order valence-electron chi connectivity index (χ2n) is 10.3. The molecular weight excluding hydrogens is 448 g/mol. The number of carbonyl (C=O) groups excluding carboxylic acids is 1. The van der Waals surface area contributed by atoms with Crippen LogP contribution in [0.15, 0.2) is 24.3 Å². The van der Waals surface area contributed by atoms with Gasteiger partial charge >= 0.3 is 11.9 Å². The second kappa shape index (κ2) is 28.0. The van der Waals surface area contributed by atoms with Crippen LogP contribution in [0.2, 0.25) is 0 Å². The highest BCUT2D eigenvalue weighted by Gasteiger charge is 2.11. The van der Waals surface area contributed by atoms with Crippen LogP contribution in [0.4, 0.5) is 0 Å². The molecule has 0 heterocycles. The van der Waals surface area contributed by atoms with Gasteiger partial charge in [0.05, 0.1) is 0 Å². The summed E-state index contributed by atoms with van der Waals surface area (Å²) in [5.74, 6) is -0.763. The Kier molecular flexibility index (Phi) is 26.8. The Bertz CT molecular complexity index is 552. The monoisotopic (exact) mass is 506 g/mol. The number of rotatable bonds is 27. The molecule has 0 radical (unpaired) electrons. The van der Waals surface area contributed by atoms with Crippen molar-refractivity contribution in [3.63, 3.8) is 0 Å². The van der Waals surface area contributed by atoms with E-state index in [-0.39, 0.29) is 18.5 Å². The van der Waals surface area contributed by atoms with Crippen molar-refractivity contribution >= 4 is 11.9 Å². The molecule has 4 nitrogen and oxygen atoms in total. The van der Waals surface area contributed by atoms with Gasteiger partial charge in [0, 0.05) is 12.8 Å². The number of carboxylic acid groups (broad SMARTS) is 1. The Morgan fingerprint density at radius 3 is 1.78 bits per heavy atom. The van der Waals surface area contributed by atoms with Crippen molar-refractivity contribution in [2.24, 2.45) is 0 Å². The van der Waals surface area contributed by atoms with Crippen LogP contribution >= 0.6 is 0 Å². The summed E-state index contributed by atoms with van der Waals surface area (Å²) in [6.07, 6.45) is 33.4. The minimum Gasteiger partial charge on any atom is -0.481 e. The molecule has 0 rings (SSSR count). The summed E-state index contributed by atoms with van der Waals surface area (Å²) in [5.41, 5.74) is 0. The number of carboxylic acids is 1. The molecule has 0 aromatic heterocycles. The van der Waals surface area contributed by atoms with E-state index in [0.717, 1.165) is 70.6 Å². The van der Waals surface area contributed by atoms with Crippen LogP contribution in [-0.4, -0.2) is 23.1 Å². The molecule has 0 bridgehead atoms. The quantitative estimate of drug-likeness (QED) is 0.0683. The first kappa shape index (κ1) is 34.4. The van der Waals surface area contributed by atoms with Gasteiger partial charge in [-0.05, 0) is 51.0 Å². The predicted molar refractivity (Wildman–Crippen MR) is 153 cm³/mol. The molecular formula is C32H58O4. The Hall–Kier alpha value is -1.58. The van der Waals surface area contributed by atoms with Gasteiger partial charge < -0.3 is 9.84 Å². The van der Waals surface area contributed by atoms with E-state index in [0.29, 0.717) is 6.42 Å². The molecule has 0 aliphatic carbocycles. The topological polar surface area (TPSA) is 63.6 Å². The number of unbranched alkanes of at least 4 members (excludes halogenated alkanes) is 16. The fourth-order valence-corrected chi connectivity index (χ4v) is 4.37. The van der Waals surface area contributed by atoms with Crippen molar-refractivity contribution < 1.29 is 19.4 Å². The summed E-state index contributed by atoms with van der Waals surface area (Å²) in [6.45, 7) is 4.48. The largest absolute Gasteiger partial charge is 0.481 e. The maximum Gasteiger partial charge on any atom is 0.306 e. The molecule has 0 saturated carbocycles. The van der Waals surface area contributed by atoms with E-state index >= 15 is 0 Å². The third kappa shape index (κ3) is 27.0. The van der Waals surface area contributed by atoms with Gasteiger partial charge in [-0.2, -0.15) is 0 Å². The SMILES string of the molecule is CCCCCC/C=C\C/C=C\C(CCCCCCCCC(=O)O)OC(=O)CCCCCCCCCC. The minimum atomic E-state index is -0.704. The van der Waals surface area contributed by atoms with Gasteiger partial charge in [-0.25, -0.2) is 0 Å². The molecule has 0 fully saturated rings. The first-order valence-corrected chi connectivity index (χ1v) is 15.3. The molecule has 0 aliphatic rings. The maximum atomic E-state index is 12.4. The summed E-state index contributed by atoms with van der Waals surface area (Å²) >= 11 is 0. The van der Waals surface area contributed by atoms with Gasteiger partial charge in [-0.15, -0.1) is 0 Å². The molecule has 1 unspecified atom stereocenters. The molecule has 0 aliphatic heterocycles. The van der Waals surface area contributed by atoms with Crippen molar-refractivity contribution in [3.05, 3.63) is 24.3 Å². The number of carbonyl (C=O) groups is 2. The van der Waals surface area contributed by atoms with E-state index < -0.39 is 5.97 Å². The lowest BCUT2D eigenvalue weighted by Crippen LogP contribution is -2.16. The fourth-order valence-electron chi connectivity index (χ4n) is 4.37. The van der Waals surface area contributed by atoms with Gasteiger partial charge in [-0.3, -0.25) is 9.59 Å². The van der Waals surface area contributed by atoms with Crippen molar-refractivity contribution in [2.75, 3.05) is 0 Å². The summed E-state index contributed by atoms with van der Waals surface area (Å²) in [7, 11) is 0. The average molecular weight is 507 g/mol. The normalized spacial score (nSPS) is 12.5. The lowest BCUT2D eigenvalue weighted by molar-refractivity contribution is -0.147. The van der Waals surface area contributed by atoms with Crippen molar-refractivity contribution in [3.8, 4) is 0 Å². The van der Waals surface area contributed by atoms with Crippen molar-refractivity contribution in [1.82, 2.24) is 0 Å². The predicted octanol–water partition coefficient (Wildman–Crippen LogP) is 10.1. The van der Waals surface area contributed by atoms with E-state index in [1.54, 1.807) is 0 Å². The van der Waals surface area contributed by atoms with Crippen LogP contribution in [0.1, 0.15) is 162 Å². The molecule has 1 atom stereocenters. The molecule has 0 aromatic carbocycles. The van der Waals surface area contributed by atoms with Crippen LogP contribution in [0.25, 0.3) is 0 Å². The number of hydrogen-bond donors (Lipinski definition) is 1. The van der Waals surface area contributed by atoms with E-state index in [2.05, 4.69) is 38.2 Å². The molecule has 0 aromatic rings. The Labute approximate surface area is 223 Å². The van der Waals surface area contributed by atoms with Crippen molar-refractivity contribution in [1.29, 1.82) is 0 Å². The molecule has 1 N–H and O–H groups in total. The van der Waals surface area contributed by atoms with Crippen LogP contribution in [0.3, 0.4) is 0 Å². The van der Waals surface area contributed by atoms with Gasteiger partial charge in [0.1, 0.15) is 6.10 Å². The van der Waals surface area contributed by atoms with Crippen LogP contribution in [0.5, 0.6) is 0 Å². The number of esters is 1. The zero-order chi connectivity index (χ0) is 26.5. The average Bonchev–Trinajstić information content (AvgIpc) is 2.85.